The topological polar surface area (TPSA) is 26.3 Å². The van der Waals surface area contributed by atoms with Crippen molar-refractivity contribution in [3.05, 3.63) is 29.1 Å². The van der Waals surface area contributed by atoms with Gasteiger partial charge in [0.2, 0.25) is 0 Å². The number of aldehydes is 1. The maximum atomic E-state index is 10.7. The van der Waals surface area contributed by atoms with Crippen LogP contribution in [0.25, 0.3) is 10.1 Å². The molecule has 3 heteroatoms. The van der Waals surface area contributed by atoms with Gasteiger partial charge in [-0.25, -0.2) is 0 Å². The van der Waals surface area contributed by atoms with Gasteiger partial charge in [0, 0.05) is 21.0 Å². The van der Waals surface area contributed by atoms with Crippen molar-refractivity contribution in [1.82, 2.24) is 0 Å². The number of hydrogen-bond donors (Lipinski definition) is 0. The molecule has 1 aromatic heterocycles. The van der Waals surface area contributed by atoms with Crippen molar-refractivity contribution in [1.29, 1.82) is 0 Å². The van der Waals surface area contributed by atoms with E-state index in [4.69, 9.17) is 4.74 Å². The fourth-order valence-corrected chi connectivity index (χ4v) is 2.26. The fourth-order valence-electron chi connectivity index (χ4n) is 1.34. The Morgan fingerprint density at radius 1 is 1.46 bits per heavy atom. The fraction of sp³-hybridized carbons (Fsp3) is 0.100. The van der Waals surface area contributed by atoms with Crippen LogP contribution in [-0.4, -0.2) is 13.4 Å². The van der Waals surface area contributed by atoms with Crippen molar-refractivity contribution in [2.45, 2.75) is 0 Å². The highest BCUT2D eigenvalue weighted by Gasteiger charge is 2.07. The smallest absolute Gasteiger partial charge is 0.151 e. The molecule has 0 radical (unpaired) electrons. The number of rotatable bonds is 2. The van der Waals surface area contributed by atoms with Crippen molar-refractivity contribution >= 4 is 27.7 Å². The van der Waals surface area contributed by atoms with E-state index in [1.165, 1.54) is 0 Å². The van der Waals surface area contributed by atoms with Crippen LogP contribution in [0, 0.1) is 0 Å². The van der Waals surface area contributed by atoms with Crippen LogP contribution in [0.3, 0.4) is 0 Å². The Morgan fingerprint density at radius 2 is 2.31 bits per heavy atom. The highest BCUT2D eigenvalue weighted by atomic mass is 32.1. The molecule has 0 aliphatic heterocycles. The van der Waals surface area contributed by atoms with Crippen LogP contribution in [0.4, 0.5) is 0 Å². The lowest BCUT2D eigenvalue weighted by Crippen LogP contribution is -1.84. The molecule has 0 amide bonds. The number of thiophene rings is 1. The van der Waals surface area contributed by atoms with Crippen LogP contribution >= 0.6 is 11.3 Å². The first-order chi connectivity index (χ1) is 6.36. The molecule has 0 saturated heterocycles. The minimum Gasteiger partial charge on any atom is -0.496 e. The molecule has 0 fully saturated rings. The van der Waals surface area contributed by atoms with Gasteiger partial charge in [0.1, 0.15) is 5.75 Å². The summed E-state index contributed by atoms with van der Waals surface area (Å²) in [7, 11) is 1.61. The van der Waals surface area contributed by atoms with Gasteiger partial charge in [0.15, 0.2) is 6.29 Å². The summed E-state index contributed by atoms with van der Waals surface area (Å²) < 4.78 is 6.26. The van der Waals surface area contributed by atoms with Crippen LogP contribution in [-0.2, 0) is 0 Å². The predicted molar refractivity (Wildman–Crippen MR) is 53.8 cm³/mol. The van der Waals surface area contributed by atoms with E-state index in [1.807, 2.05) is 23.6 Å². The Labute approximate surface area is 79.8 Å². The summed E-state index contributed by atoms with van der Waals surface area (Å²) in [6, 6.07) is 5.77. The molecule has 1 aromatic carbocycles. The number of fused-ring (bicyclic) bond motifs is 1. The van der Waals surface area contributed by atoms with Crippen LogP contribution in [0.5, 0.6) is 5.75 Å². The number of ether oxygens (including phenoxy) is 1. The Balaban J connectivity index is 2.83. The van der Waals surface area contributed by atoms with Gasteiger partial charge < -0.3 is 4.74 Å². The van der Waals surface area contributed by atoms with E-state index in [0.29, 0.717) is 5.56 Å². The molecular weight excluding hydrogens is 184 g/mol. The van der Waals surface area contributed by atoms with Crippen molar-refractivity contribution < 1.29 is 9.53 Å². The van der Waals surface area contributed by atoms with Crippen molar-refractivity contribution in [2.24, 2.45) is 0 Å². The molecule has 2 rings (SSSR count). The molecule has 0 unspecified atom stereocenters. The number of carbonyl (C=O) groups is 1. The average molecular weight is 192 g/mol. The SMILES string of the molecule is COc1cccc2scc(C=O)c12. The highest BCUT2D eigenvalue weighted by molar-refractivity contribution is 7.17. The van der Waals surface area contributed by atoms with Gasteiger partial charge in [-0.05, 0) is 12.1 Å². The molecule has 1 heterocycles. The zero-order valence-electron chi connectivity index (χ0n) is 7.11. The van der Waals surface area contributed by atoms with Gasteiger partial charge in [-0.15, -0.1) is 11.3 Å². The van der Waals surface area contributed by atoms with Crippen molar-refractivity contribution in [3.8, 4) is 5.75 Å². The molecule has 0 aliphatic carbocycles. The first-order valence-corrected chi connectivity index (χ1v) is 4.74. The minimum absolute atomic E-state index is 0.706. The van der Waals surface area contributed by atoms with Crippen molar-refractivity contribution in [2.75, 3.05) is 7.11 Å². The van der Waals surface area contributed by atoms with E-state index in [9.17, 15) is 4.79 Å². The quantitative estimate of drug-likeness (QED) is 0.684. The molecule has 2 aromatic rings. The third-order valence-electron chi connectivity index (χ3n) is 1.94. The van der Waals surface area contributed by atoms with Crippen LogP contribution in [0.1, 0.15) is 10.4 Å². The third kappa shape index (κ3) is 1.21. The van der Waals surface area contributed by atoms with E-state index in [2.05, 4.69) is 0 Å². The monoisotopic (exact) mass is 192 g/mol. The Bertz CT molecular complexity index is 445. The van der Waals surface area contributed by atoms with E-state index in [0.717, 1.165) is 22.1 Å². The summed E-state index contributed by atoms with van der Waals surface area (Å²) in [5.41, 5.74) is 0.706. The zero-order valence-corrected chi connectivity index (χ0v) is 7.93. The highest BCUT2D eigenvalue weighted by Crippen LogP contribution is 2.32. The lowest BCUT2D eigenvalue weighted by Gasteiger charge is -2.00. The number of carbonyl (C=O) groups excluding carboxylic acids is 1. The Morgan fingerprint density at radius 3 is 3.00 bits per heavy atom. The molecule has 13 heavy (non-hydrogen) atoms. The molecule has 0 bridgehead atoms. The maximum absolute atomic E-state index is 10.7. The van der Waals surface area contributed by atoms with Crippen LogP contribution in [0.2, 0.25) is 0 Å². The first-order valence-electron chi connectivity index (χ1n) is 3.86. The second-order valence-corrected chi connectivity index (χ2v) is 3.55. The zero-order chi connectivity index (χ0) is 9.26. The third-order valence-corrected chi connectivity index (χ3v) is 2.90. The minimum atomic E-state index is 0.706. The summed E-state index contributed by atoms with van der Waals surface area (Å²) in [6.07, 6.45) is 0.862. The summed E-state index contributed by atoms with van der Waals surface area (Å²) in [5.74, 6) is 0.765. The van der Waals surface area contributed by atoms with E-state index < -0.39 is 0 Å². The molecular formula is C10H8O2S. The standard InChI is InChI=1S/C10H8O2S/c1-12-8-3-2-4-9-10(8)7(5-11)6-13-9/h2-6H,1H3. The lowest BCUT2D eigenvalue weighted by molar-refractivity contribution is 0.112. The van der Waals surface area contributed by atoms with Crippen molar-refractivity contribution in [3.63, 3.8) is 0 Å². The number of hydrogen-bond acceptors (Lipinski definition) is 3. The summed E-state index contributed by atoms with van der Waals surface area (Å²) in [4.78, 5) is 10.7. The molecule has 0 aliphatic rings. The number of methoxy groups -OCH3 is 1. The molecule has 2 nitrogen and oxygen atoms in total. The molecule has 0 atom stereocenters. The normalized spacial score (nSPS) is 10.2. The van der Waals surface area contributed by atoms with Gasteiger partial charge >= 0.3 is 0 Å². The van der Waals surface area contributed by atoms with E-state index >= 15 is 0 Å². The largest absolute Gasteiger partial charge is 0.496 e. The van der Waals surface area contributed by atoms with Gasteiger partial charge in [0.25, 0.3) is 0 Å². The van der Waals surface area contributed by atoms with E-state index in [1.54, 1.807) is 18.4 Å². The lowest BCUT2D eigenvalue weighted by atomic mass is 10.2. The molecule has 0 N–H and O–H groups in total. The van der Waals surface area contributed by atoms with Gasteiger partial charge in [-0.2, -0.15) is 0 Å². The molecule has 0 saturated carbocycles. The Hall–Kier alpha value is -1.35. The first kappa shape index (κ1) is 8.26. The Kier molecular flexibility index (Phi) is 2.02. The summed E-state index contributed by atoms with van der Waals surface area (Å²) in [5, 5.41) is 2.77. The summed E-state index contributed by atoms with van der Waals surface area (Å²) in [6.45, 7) is 0. The van der Waals surface area contributed by atoms with E-state index in [-0.39, 0.29) is 0 Å². The second-order valence-electron chi connectivity index (χ2n) is 2.64. The maximum Gasteiger partial charge on any atom is 0.151 e. The molecule has 0 spiro atoms. The van der Waals surface area contributed by atoms with Gasteiger partial charge in [-0.3, -0.25) is 4.79 Å². The number of benzene rings is 1. The van der Waals surface area contributed by atoms with Crippen LogP contribution < -0.4 is 4.74 Å². The second kappa shape index (κ2) is 3.18. The predicted octanol–water partition coefficient (Wildman–Crippen LogP) is 2.72. The van der Waals surface area contributed by atoms with Gasteiger partial charge in [-0.1, -0.05) is 6.07 Å². The van der Waals surface area contributed by atoms with Crippen LogP contribution in [0.15, 0.2) is 23.6 Å². The summed E-state index contributed by atoms with van der Waals surface area (Å²) >= 11 is 1.56. The van der Waals surface area contributed by atoms with Gasteiger partial charge in [0.05, 0.1) is 7.11 Å². The average Bonchev–Trinajstić information content (AvgIpc) is 2.60. The molecule has 66 valence electrons.